The predicted octanol–water partition coefficient (Wildman–Crippen LogP) is 3.25. The Kier molecular flexibility index (Phi) is 5.85. The van der Waals surface area contributed by atoms with Crippen molar-refractivity contribution < 1.29 is 18.0 Å². The second-order valence-corrected chi connectivity index (χ2v) is 11.1. The Hall–Kier alpha value is -2.71. The van der Waals surface area contributed by atoms with E-state index in [1.807, 2.05) is 43.9 Å². The molecular formula is C24H29N3O4S. The Morgan fingerprint density at radius 1 is 1.09 bits per heavy atom. The van der Waals surface area contributed by atoms with Gasteiger partial charge in [-0.15, -0.1) is 0 Å². The van der Waals surface area contributed by atoms with Gasteiger partial charge in [0.25, 0.3) is 0 Å². The monoisotopic (exact) mass is 455 g/mol. The Bertz CT molecular complexity index is 1170. The van der Waals surface area contributed by atoms with Crippen molar-refractivity contribution in [3.63, 3.8) is 0 Å². The lowest BCUT2D eigenvalue weighted by atomic mass is 10.1. The Morgan fingerprint density at radius 2 is 1.75 bits per heavy atom. The summed E-state index contributed by atoms with van der Waals surface area (Å²) in [7, 11) is -2.46. The molecule has 2 aliphatic rings. The second kappa shape index (κ2) is 8.33. The summed E-state index contributed by atoms with van der Waals surface area (Å²) in [4.78, 5) is 27.1. The highest BCUT2D eigenvalue weighted by molar-refractivity contribution is 7.89. The molecule has 8 heteroatoms. The normalized spacial score (nSPS) is 18.0. The van der Waals surface area contributed by atoms with Crippen molar-refractivity contribution in [1.82, 2.24) is 4.31 Å². The van der Waals surface area contributed by atoms with Crippen LogP contribution < -0.4 is 10.2 Å². The molecule has 1 heterocycles. The second-order valence-electron chi connectivity index (χ2n) is 9.01. The zero-order chi connectivity index (χ0) is 23.2. The number of sulfonamides is 1. The number of benzene rings is 2. The summed E-state index contributed by atoms with van der Waals surface area (Å²) in [5, 5.41) is 2.77. The van der Waals surface area contributed by atoms with Gasteiger partial charge in [0, 0.05) is 30.4 Å². The van der Waals surface area contributed by atoms with E-state index in [-0.39, 0.29) is 29.3 Å². The van der Waals surface area contributed by atoms with Gasteiger partial charge in [0.1, 0.15) is 0 Å². The van der Waals surface area contributed by atoms with Gasteiger partial charge in [-0.05, 0) is 87.1 Å². The number of fused-ring (bicyclic) bond motifs is 1. The van der Waals surface area contributed by atoms with Crippen LogP contribution in [0.3, 0.4) is 0 Å². The maximum absolute atomic E-state index is 13.1. The van der Waals surface area contributed by atoms with Crippen molar-refractivity contribution >= 4 is 33.2 Å². The highest BCUT2D eigenvalue weighted by atomic mass is 32.2. The van der Waals surface area contributed by atoms with Gasteiger partial charge in [-0.25, -0.2) is 8.42 Å². The number of likely N-dealkylation sites (N-methyl/N-ethyl adjacent to an activating group) is 1. The minimum absolute atomic E-state index is 0.0114. The van der Waals surface area contributed by atoms with Crippen molar-refractivity contribution in [3.8, 4) is 0 Å². The number of nitrogens with zero attached hydrogens (tertiary/aromatic N) is 2. The summed E-state index contributed by atoms with van der Waals surface area (Å²) in [5.74, 6) is -0.169. The van der Waals surface area contributed by atoms with Crippen LogP contribution in [0.2, 0.25) is 0 Å². The summed E-state index contributed by atoms with van der Waals surface area (Å²) in [6.07, 6.45) is 2.48. The van der Waals surface area contributed by atoms with Gasteiger partial charge in [-0.1, -0.05) is 6.07 Å². The first-order valence-corrected chi connectivity index (χ1v) is 12.3. The number of hydrogen-bond donors (Lipinski definition) is 1. The summed E-state index contributed by atoms with van der Waals surface area (Å²) in [6, 6.07) is 10.6. The molecule has 32 heavy (non-hydrogen) atoms. The first-order valence-electron chi connectivity index (χ1n) is 10.9. The molecule has 2 aromatic rings. The summed E-state index contributed by atoms with van der Waals surface area (Å²) in [6.45, 7) is 5.56. The summed E-state index contributed by atoms with van der Waals surface area (Å²) < 4.78 is 27.3. The molecule has 0 saturated heterocycles. The van der Waals surface area contributed by atoms with Crippen molar-refractivity contribution in [3.05, 3.63) is 53.1 Å². The largest absolute Gasteiger partial charge is 0.325 e. The van der Waals surface area contributed by atoms with E-state index in [0.717, 1.165) is 39.5 Å². The number of amides is 2. The lowest BCUT2D eigenvalue weighted by Crippen LogP contribution is -2.36. The van der Waals surface area contributed by atoms with Crippen molar-refractivity contribution in [2.45, 2.75) is 51.0 Å². The Morgan fingerprint density at radius 3 is 2.38 bits per heavy atom. The number of carbonyl (C=O) groups is 2. The third-order valence-corrected chi connectivity index (χ3v) is 7.81. The molecule has 0 spiro atoms. The van der Waals surface area contributed by atoms with Crippen LogP contribution in [-0.2, 0) is 26.0 Å². The standard InChI is InChI=1S/C24H29N3O4S/c1-15-9-16(2)11-20(10-15)25-23(28)14-26(4)32(30,31)21-7-8-22-19(13-21)12-17(3)27(22)24(29)18-5-6-18/h7-11,13,17-18H,5-6,12,14H2,1-4H3,(H,25,28)/t17-/m0/s1. The van der Waals surface area contributed by atoms with Gasteiger partial charge in [-0.2, -0.15) is 4.31 Å². The number of carbonyl (C=O) groups excluding carboxylic acids is 2. The van der Waals surface area contributed by atoms with Crippen LogP contribution in [0.15, 0.2) is 41.3 Å². The number of anilines is 2. The maximum atomic E-state index is 13.1. The van der Waals surface area contributed by atoms with Crippen LogP contribution in [0.5, 0.6) is 0 Å². The molecule has 2 aromatic carbocycles. The molecule has 1 fully saturated rings. The number of hydrogen-bond acceptors (Lipinski definition) is 4. The van der Waals surface area contributed by atoms with E-state index in [1.165, 1.54) is 13.1 Å². The maximum Gasteiger partial charge on any atom is 0.243 e. The molecule has 1 aliphatic carbocycles. The molecule has 1 aliphatic heterocycles. The zero-order valence-electron chi connectivity index (χ0n) is 18.9. The fourth-order valence-electron chi connectivity index (χ4n) is 4.35. The first-order chi connectivity index (χ1) is 15.1. The molecular weight excluding hydrogens is 426 g/mol. The van der Waals surface area contributed by atoms with Gasteiger partial charge >= 0.3 is 0 Å². The minimum atomic E-state index is -3.85. The van der Waals surface area contributed by atoms with Crippen LogP contribution in [0.1, 0.15) is 36.5 Å². The van der Waals surface area contributed by atoms with Crippen LogP contribution in [-0.4, -0.2) is 44.2 Å². The van der Waals surface area contributed by atoms with Crippen LogP contribution in [0, 0.1) is 19.8 Å². The highest BCUT2D eigenvalue weighted by Crippen LogP contribution is 2.39. The minimum Gasteiger partial charge on any atom is -0.325 e. The third kappa shape index (κ3) is 4.42. The summed E-state index contributed by atoms with van der Waals surface area (Å²) >= 11 is 0. The lowest BCUT2D eigenvalue weighted by molar-refractivity contribution is -0.120. The molecule has 0 radical (unpaired) electrons. The zero-order valence-corrected chi connectivity index (χ0v) is 19.7. The fourth-order valence-corrected chi connectivity index (χ4v) is 5.52. The first kappa shape index (κ1) is 22.5. The third-order valence-electron chi connectivity index (χ3n) is 6.01. The van der Waals surface area contributed by atoms with Gasteiger partial charge in [0.15, 0.2) is 0 Å². The van der Waals surface area contributed by atoms with E-state index in [2.05, 4.69) is 5.32 Å². The fraction of sp³-hybridized carbons (Fsp3) is 0.417. The Balaban J connectivity index is 1.49. The average Bonchev–Trinajstić information content (AvgIpc) is 3.48. The van der Waals surface area contributed by atoms with Crippen molar-refractivity contribution in [1.29, 1.82) is 0 Å². The molecule has 7 nitrogen and oxygen atoms in total. The molecule has 4 rings (SSSR count). The number of aryl methyl sites for hydroxylation is 2. The Labute approximate surface area is 189 Å². The molecule has 2 amide bonds. The van der Waals surface area contributed by atoms with E-state index in [4.69, 9.17) is 0 Å². The van der Waals surface area contributed by atoms with Gasteiger partial charge in [-0.3, -0.25) is 9.59 Å². The van der Waals surface area contributed by atoms with Gasteiger partial charge in [0.05, 0.1) is 11.4 Å². The lowest BCUT2D eigenvalue weighted by Gasteiger charge is -2.23. The van der Waals surface area contributed by atoms with Crippen molar-refractivity contribution in [2.24, 2.45) is 5.92 Å². The highest BCUT2D eigenvalue weighted by Gasteiger charge is 2.40. The molecule has 1 N–H and O–H groups in total. The molecule has 0 aromatic heterocycles. The average molecular weight is 456 g/mol. The van der Waals surface area contributed by atoms with E-state index < -0.39 is 15.9 Å². The van der Waals surface area contributed by atoms with E-state index in [9.17, 15) is 18.0 Å². The van der Waals surface area contributed by atoms with Crippen LogP contribution >= 0.6 is 0 Å². The van der Waals surface area contributed by atoms with Crippen molar-refractivity contribution in [2.75, 3.05) is 23.8 Å². The smallest absolute Gasteiger partial charge is 0.243 e. The number of rotatable bonds is 6. The molecule has 1 saturated carbocycles. The molecule has 170 valence electrons. The summed E-state index contributed by atoms with van der Waals surface area (Å²) in [5.41, 5.74) is 4.32. The van der Waals surface area contributed by atoms with E-state index in [0.29, 0.717) is 12.1 Å². The predicted molar refractivity (Wildman–Crippen MR) is 124 cm³/mol. The SMILES string of the molecule is Cc1cc(C)cc(NC(=O)CN(C)S(=O)(=O)c2ccc3c(c2)C[C@H](C)N3C(=O)C2CC2)c1. The number of nitrogens with one attached hydrogen (secondary N) is 1. The van der Waals surface area contributed by atoms with Crippen LogP contribution in [0.25, 0.3) is 0 Å². The molecule has 0 bridgehead atoms. The van der Waals surface area contributed by atoms with Gasteiger partial charge < -0.3 is 10.2 Å². The molecule has 0 unspecified atom stereocenters. The van der Waals surface area contributed by atoms with E-state index >= 15 is 0 Å². The van der Waals surface area contributed by atoms with Crippen LogP contribution in [0.4, 0.5) is 11.4 Å². The quantitative estimate of drug-likeness (QED) is 0.724. The topological polar surface area (TPSA) is 86.8 Å². The van der Waals surface area contributed by atoms with Gasteiger partial charge in [0.2, 0.25) is 21.8 Å². The van der Waals surface area contributed by atoms with E-state index in [1.54, 1.807) is 12.1 Å². The molecule has 1 atom stereocenters.